The molecule has 1 aromatic rings. The standard InChI is InChI=1S/C4H5BN2O2S/c6-10(8,9)4-2-1-3-5-7-4/h1-3H,(H2,6,8,9). The molecule has 0 atom stereocenters. The van der Waals surface area contributed by atoms with Crippen LogP contribution < -0.4 is 5.14 Å². The summed E-state index contributed by atoms with van der Waals surface area (Å²) in [6.07, 6.45) is 0. The first-order valence-corrected chi connectivity index (χ1v) is 4.09. The number of rotatable bonds is 1. The van der Waals surface area contributed by atoms with Crippen molar-refractivity contribution in [1.82, 2.24) is 4.89 Å². The summed E-state index contributed by atoms with van der Waals surface area (Å²) in [6, 6.07) is 2.90. The summed E-state index contributed by atoms with van der Waals surface area (Å²) >= 11 is 0. The van der Waals surface area contributed by atoms with Crippen LogP contribution in [0.15, 0.2) is 23.1 Å². The van der Waals surface area contributed by atoms with Crippen molar-refractivity contribution < 1.29 is 8.42 Å². The van der Waals surface area contributed by atoms with Crippen molar-refractivity contribution in [2.45, 2.75) is 5.03 Å². The molecule has 0 fully saturated rings. The molecule has 52 valence electrons. The molecule has 0 saturated carbocycles. The van der Waals surface area contributed by atoms with Gasteiger partial charge >= 0.3 is 58.6 Å². The number of nitrogens with zero attached hydrogens (tertiary/aromatic N) is 1. The number of nitrogens with two attached hydrogens (primary N) is 1. The molecule has 0 spiro atoms. The van der Waals surface area contributed by atoms with Gasteiger partial charge in [-0.05, 0) is 0 Å². The molecule has 0 amide bonds. The summed E-state index contributed by atoms with van der Waals surface area (Å²) in [5.74, 6) is 1.62. The summed E-state index contributed by atoms with van der Waals surface area (Å²) in [5.41, 5.74) is 0. The number of sulfonamides is 1. The monoisotopic (exact) mass is 156 g/mol. The fraction of sp³-hybridized carbons (Fsp3) is 0. The molecular weight excluding hydrogens is 151 g/mol. The molecule has 1 rings (SSSR count). The summed E-state index contributed by atoms with van der Waals surface area (Å²) < 4.78 is 21.1. The van der Waals surface area contributed by atoms with Crippen molar-refractivity contribution in [2.75, 3.05) is 0 Å². The zero-order valence-electron chi connectivity index (χ0n) is 5.06. The Kier molecular flexibility index (Phi) is 1.82. The van der Waals surface area contributed by atoms with Gasteiger partial charge in [0.05, 0.1) is 0 Å². The Hall–Kier alpha value is -0.745. The van der Waals surface area contributed by atoms with Gasteiger partial charge in [-0.2, -0.15) is 0 Å². The molecule has 0 unspecified atom stereocenters. The second kappa shape index (κ2) is 2.47. The number of primary sulfonamides is 1. The van der Waals surface area contributed by atoms with E-state index in [2.05, 4.69) is 4.89 Å². The van der Waals surface area contributed by atoms with Crippen molar-refractivity contribution in [3.63, 3.8) is 0 Å². The van der Waals surface area contributed by atoms with Gasteiger partial charge in [0.1, 0.15) is 0 Å². The second-order valence-electron chi connectivity index (χ2n) is 1.71. The molecule has 4 nitrogen and oxygen atoms in total. The van der Waals surface area contributed by atoms with Crippen molar-refractivity contribution in [3.05, 3.63) is 18.1 Å². The predicted octanol–water partition coefficient (Wildman–Crippen LogP) is -0.933. The molecule has 10 heavy (non-hydrogen) atoms. The fourth-order valence-electron chi connectivity index (χ4n) is 0.515. The third-order valence-electron chi connectivity index (χ3n) is 0.929. The first kappa shape index (κ1) is 7.36. The van der Waals surface area contributed by atoms with E-state index in [1.54, 1.807) is 12.0 Å². The van der Waals surface area contributed by atoms with Gasteiger partial charge in [0.25, 0.3) is 0 Å². The van der Waals surface area contributed by atoms with Gasteiger partial charge in [-0.15, -0.1) is 0 Å². The van der Waals surface area contributed by atoms with Gasteiger partial charge < -0.3 is 0 Å². The summed E-state index contributed by atoms with van der Waals surface area (Å²) in [5, 5.41) is 4.66. The van der Waals surface area contributed by atoms with Crippen LogP contribution in [-0.2, 0) is 10.0 Å². The van der Waals surface area contributed by atoms with E-state index in [-0.39, 0.29) is 5.03 Å². The molecular formula is C4H5BN2O2S. The molecule has 1 aromatic heterocycles. The number of hydrogen-bond acceptors (Lipinski definition) is 3. The van der Waals surface area contributed by atoms with Crippen LogP contribution in [0.5, 0.6) is 0 Å². The van der Waals surface area contributed by atoms with Gasteiger partial charge in [0.2, 0.25) is 0 Å². The van der Waals surface area contributed by atoms with Gasteiger partial charge in [0.15, 0.2) is 0 Å². The van der Waals surface area contributed by atoms with Crippen LogP contribution in [0, 0.1) is 0 Å². The van der Waals surface area contributed by atoms with E-state index in [0.717, 1.165) is 0 Å². The SMILES string of the molecule is NS(=O)(=O)c1cccbn1. The number of hydrogen-bond donors (Lipinski definition) is 1. The molecule has 6 heteroatoms. The first-order chi connectivity index (χ1) is 4.61. The van der Waals surface area contributed by atoms with Crippen molar-refractivity contribution >= 4 is 17.1 Å². The third-order valence-corrected chi connectivity index (χ3v) is 1.75. The average molecular weight is 156 g/mol. The Bertz CT molecular complexity index is 309. The van der Waals surface area contributed by atoms with E-state index in [9.17, 15) is 8.42 Å². The second-order valence-corrected chi connectivity index (χ2v) is 3.22. The molecule has 1 heterocycles. The van der Waals surface area contributed by atoms with Gasteiger partial charge in [0, 0.05) is 0 Å². The Morgan fingerprint density at radius 2 is 2.30 bits per heavy atom. The van der Waals surface area contributed by atoms with Crippen LogP contribution in [0.1, 0.15) is 0 Å². The van der Waals surface area contributed by atoms with Gasteiger partial charge in [-0.25, -0.2) is 0 Å². The Labute approximate surface area is 59.4 Å². The zero-order valence-corrected chi connectivity index (χ0v) is 5.88. The van der Waals surface area contributed by atoms with Crippen LogP contribution in [0.2, 0.25) is 0 Å². The molecule has 0 bridgehead atoms. The molecule has 0 aliphatic rings. The van der Waals surface area contributed by atoms with Crippen LogP contribution in [0.3, 0.4) is 0 Å². The topological polar surface area (TPSA) is 73.1 Å². The van der Waals surface area contributed by atoms with E-state index in [0.29, 0.717) is 0 Å². The van der Waals surface area contributed by atoms with E-state index in [1.165, 1.54) is 13.1 Å². The number of aromatic nitrogens is 1. The minimum atomic E-state index is -3.61. The van der Waals surface area contributed by atoms with E-state index in [4.69, 9.17) is 5.14 Å². The minimum absolute atomic E-state index is 0.102. The Morgan fingerprint density at radius 1 is 1.60 bits per heavy atom. The van der Waals surface area contributed by atoms with Gasteiger partial charge in [-0.1, -0.05) is 0 Å². The van der Waals surface area contributed by atoms with Crippen molar-refractivity contribution in [1.29, 1.82) is 0 Å². The van der Waals surface area contributed by atoms with Gasteiger partial charge in [-0.3, -0.25) is 0 Å². The molecule has 0 saturated heterocycles. The van der Waals surface area contributed by atoms with E-state index >= 15 is 0 Å². The predicted molar refractivity (Wildman–Crippen MR) is 37.0 cm³/mol. The third kappa shape index (κ3) is 1.62. The maximum atomic E-state index is 10.5. The maximum absolute atomic E-state index is 10.5. The zero-order chi connectivity index (χ0) is 7.61. The van der Waals surface area contributed by atoms with Crippen molar-refractivity contribution in [3.8, 4) is 0 Å². The van der Waals surface area contributed by atoms with Crippen LogP contribution >= 0.6 is 0 Å². The fourth-order valence-corrected chi connectivity index (χ4v) is 0.991. The Balaban J connectivity index is 3.22. The summed E-state index contributed by atoms with van der Waals surface area (Å²) in [6.45, 7) is 0. The molecule has 0 aliphatic heterocycles. The van der Waals surface area contributed by atoms with Crippen LogP contribution in [-0.4, -0.2) is 20.4 Å². The molecule has 2 N–H and O–H groups in total. The van der Waals surface area contributed by atoms with Crippen LogP contribution in [0.4, 0.5) is 0 Å². The molecule has 0 radical (unpaired) electrons. The summed E-state index contributed by atoms with van der Waals surface area (Å²) in [7, 11) is -2.24. The summed E-state index contributed by atoms with van der Waals surface area (Å²) in [4.78, 5) is 3.54. The molecule has 0 aromatic carbocycles. The molecule has 0 aliphatic carbocycles. The normalized spacial score (nSPS) is 10.9. The quantitative estimate of drug-likeness (QED) is 0.570. The van der Waals surface area contributed by atoms with Crippen molar-refractivity contribution in [2.24, 2.45) is 5.14 Å². The van der Waals surface area contributed by atoms with E-state index < -0.39 is 10.0 Å². The van der Waals surface area contributed by atoms with Crippen LogP contribution in [0.25, 0.3) is 0 Å². The average Bonchev–Trinajstić information content (AvgIpc) is 1.88. The first-order valence-electron chi connectivity index (χ1n) is 2.54. The Morgan fingerprint density at radius 3 is 2.60 bits per heavy atom. The van der Waals surface area contributed by atoms with E-state index in [1.807, 2.05) is 0 Å².